The molecule has 9 heteroatoms. The van der Waals surface area contributed by atoms with Crippen LogP contribution >= 0.6 is 11.8 Å². The summed E-state index contributed by atoms with van der Waals surface area (Å²) in [6.45, 7) is 1.41. The maximum absolute atomic E-state index is 12.4. The van der Waals surface area contributed by atoms with Crippen LogP contribution in [0.3, 0.4) is 0 Å². The zero-order valence-corrected chi connectivity index (χ0v) is 15.6. The molecule has 26 heavy (non-hydrogen) atoms. The maximum atomic E-state index is 12.4. The molecule has 5 N–H and O–H groups in total. The first kappa shape index (κ1) is 21.8. The lowest BCUT2D eigenvalue weighted by Gasteiger charge is -2.23. The van der Waals surface area contributed by atoms with Crippen LogP contribution in [0, 0.1) is 0 Å². The van der Waals surface area contributed by atoms with E-state index >= 15 is 0 Å². The van der Waals surface area contributed by atoms with Gasteiger partial charge >= 0.3 is 6.09 Å². The minimum Gasteiger partial charge on any atom is -0.445 e. The highest BCUT2D eigenvalue weighted by molar-refractivity contribution is 7.98. The Kier molecular flexibility index (Phi) is 9.53. The molecule has 0 aromatic heterocycles. The summed E-state index contributed by atoms with van der Waals surface area (Å²) >= 11 is 1.50. The molecule has 0 fully saturated rings. The van der Waals surface area contributed by atoms with E-state index in [0.29, 0.717) is 12.2 Å². The van der Waals surface area contributed by atoms with Crippen LogP contribution in [0.4, 0.5) is 4.79 Å². The van der Waals surface area contributed by atoms with E-state index in [0.717, 1.165) is 5.56 Å². The highest BCUT2D eigenvalue weighted by Gasteiger charge is 2.28. The number of amides is 3. The molecule has 0 heterocycles. The smallest absolute Gasteiger partial charge is 0.408 e. The van der Waals surface area contributed by atoms with Crippen molar-refractivity contribution < 1.29 is 24.2 Å². The fourth-order valence-electron chi connectivity index (χ4n) is 2.09. The standard InChI is InChI=1S/C17H25N3O5S/c1-11(21)14(15(18)22)20-16(23)13(8-9-26-2)19-17(24)25-10-12-6-4-3-5-7-12/h3-7,11,13-14,21H,8-10H2,1-2H3,(H2,18,22)(H,19,24)(H,20,23)/t11-,13-,14+/m0/s1. The molecule has 0 aliphatic rings. The molecule has 3 atom stereocenters. The molecule has 0 spiro atoms. The molecule has 1 aromatic rings. The Hall–Kier alpha value is -2.26. The molecule has 1 aromatic carbocycles. The van der Waals surface area contributed by atoms with Gasteiger partial charge in [-0.1, -0.05) is 30.3 Å². The lowest BCUT2D eigenvalue weighted by molar-refractivity contribution is -0.130. The Morgan fingerprint density at radius 1 is 1.23 bits per heavy atom. The van der Waals surface area contributed by atoms with Gasteiger partial charge in [0.2, 0.25) is 11.8 Å². The third kappa shape index (κ3) is 7.75. The van der Waals surface area contributed by atoms with Gasteiger partial charge in [0, 0.05) is 0 Å². The average Bonchev–Trinajstić information content (AvgIpc) is 2.61. The van der Waals surface area contributed by atoms with Crippen molar-refractivity contribution in [2.24, 2.45) is 5.73 Å². The number of aliphatic hydroxyl groups is 1. The third-order valence-electron chi connectivity index (χ3n) is 3.52. The highest BCUT2D eigenvalue weighted by atomic mass is 32.2. The second-order valence-corrected chi connectivity index (χ2v) is 6.65. The van der Waals surface area contributed by atoms with Gasteiger partial charge in [0.15, 0.2) is 0 Å². The highest BCUT2D eigenvalue weighted by Crippen LogP contribution is 2.05. The molecule has 0 aliphatic heterocycles. The quantitative estimate of drug-likeness (QED) is 0.462. The molecule has 0 saturated heterocycles. The van der Waals surface area contributed by atoms with Crippen molar-refractivity contribution in [1.29, 1.82) is 0 Å². The van der Waals surface area contributed by atoms with Crippen LogP contribution in [0.2, 0.25) is 0 Å². The number of nitrogens with one attached hydrogen (secondary N) is 2. The molecule has 1 rings (SSSR count). The van der Waals surface area contributed by atoms with Crippen LogP contribution < -0.4 is 16.4 Å². The van der Waals surface area contributed by atoms with Gasteiger partial charge < -0.3 is 26.2 Å². The number of thioether (sulfide) groups is 1. The normalized spacial score (nSPS) is 14.0. The third-order valence-corrected chi connectivity index (χ3v) is 4.16. The molecular weight excluding hydrogens is 358 g/mol. The number of hydrogen-bond acceptors (Lipinski definition) is 6. The van der Waals surface area contributed by atoms with Crippen LogP contribution in [0.15, 0.2) is 30.3 Å². The molecule has 8 nitrogen and oxygen atoms in total. The molecule has 0 unspecified atom stereocenters. The number of rotatable bonds is 10. The minimum absolute atomic E-state index is 0.0706. The topological polar surface area (TPSA) is 131 Å². The van der Waals surface area contributed by atoms with Crippen LogP contribution in [0.1, 0.15) is 18.9 Å². The van der Waals surface area contributed by atoms with Gasteiger partial charge in [0.1, 0.15) is 18.7 Å². The summed E-state index contributed by atoms with van der Waals surface area (Å²) in [5.41, 5.74) is 5.99. The van der Waals surface area contributed by atoms with Crippen molar-refractivity contribution in [3.8, 4) is 0 Å². The van der Waals surface area contributed by atoms with Gasteiger partial charge in [0.05, 0.1) is 6.10 Å². The molecule has 0 radical (unpaired) electrons. The number of carbonyl (C=O) groups is 3. The molecule has 0 saturated carbocycles. The molecule has 3 amide bonds. The van der Waals surface area contributed by atoms with Crippen molar-refractivity contribution in [3.63, 3.8) is 0 Å². The van der Waals surface area contributed by atoms with E-state index < -0.39 is 36.1 Å². The fraction of sp³-hybridized carbons (Fsp3) is 0.471. The number of primary amides is 1. The number of ether oxygens (including phenoxy) is 1. The number of hydrogen-bond donors (Lipinski definition) is 4. The Morgan fingerprint density at radius 3 is 2.42 bits per heavy atom. The van der Waals surface area contributed by atoms with Gasteiger partial charge in [-0.2, -0.15) is 11.8 Å². The zero-order chi connectivity index (χ0) is 19.5. The Morgan fingerprint density at radius 2 is 1.88 bits per heavy atom. The van der Waals surface area contributed by atoms with Crippen LogP contribution in [0.5, 0.6) is 0 Å². The summed E-state index contributed by atoms with van der Waals surface area (Å²) in [6, 6.07) is 6.98. The van der Waals surface area contributed by atoms with Gasteiger partial charge in [-0.3, -0.25) is 9.59 Å². The second kappa shape index (κ2) is 11.4. The summed E-state index contributed by atoms with van der Waals surface area (Å²) < 4.78 is 5.11. The van der Waals surface area contributed by atoms with Crippen molar-refractivity contribution >= 4 is 29.7 Å². The van der Waals surface area contributed by atoms with Crippen molar-refractivity contribution in [3.05, 3.63) is 35.9 Å². The zero-order valence-electron chi connectivity index (χ0n) is 14.8. The van der Waals surface area contributed by atoms with Gasteiger partial charge in [-0.05, 0) is 30.9 Å². The molecular formula is C17H25N3O5S. The van der Waals surface area contributed by atoms with Crippen molar-refractivity contribution in [2.75, 3.05) is 12.0 Å². The second-order valence-electron chi connectivity index (χ2n) is 5.67. The van der Waals surface area contributed by atoms with E-state index in [1.54, 1.807) is 0 Å². The lowest BCUT2D eigenvalue weighted by atomic mass is 10.1. The first-order valence-electron chi connectivity index (χ1n) is 8.09. The average molecular weight is 383 g/mol. The first-order chi connectivity index (χ1) is 12.3. The fourth-order valence-corrected chi connectivity index (χ4v) is 2.57. The molecule has 0 aliphatic carbocycles. The Labute approximate surface area is 156 Å². The summed E-state index contributed by atoms with van der Waals surface area (Å²) in [5, 5.41) is 14.4. The monoisotopic (exact) mass is 383 g/mol. The lowest BCUT2D eigenvalue weighted by Crippen LogP contribution is -2.56. The van der Waals surface area contributed by atoms with Gasteiger partial charge in [-0.25, -0.2) is 4.79 Å². The molecule has 0 bridgehead atoms. The predicted molar refractivity (Wildman–Crippen MR) is 99.4 cm³/mol. The minimum atomic E-state index is -1.23. The maximum Gasteiger partial charge on any atom is 0.408 e. The SMILES string of the molecule is CSCC[C@H](NC(=O)OCc1ccccc1)C(=O)N[C@@H](C(N)=O)[C@H](C)O. The number of aliphatic hydroxyl groups excluding tert-OH is 1. The van der Waals surface area contributed by atoms with E-state index in [-0.39, 0.29) is 6.61 Å². The van der Waals surface area contributed by atoms with E-state index in [4.69, 9.17) is 10.5 Å². The number of carbonyl (C=O) groups excluding carboxylic acids is 3. The van der Waals surface area contributed by atoms with Crippen LogP contribution in [0.25, 0.3) is 0 Å². The Balaban J connectivity index is 2.65. The first-order valence-corrected chi connectivity index (χ1v) is 9.48. The summed E-state index contributed by atoms with van der Waals surface area (Å²) in [4.78, 5) is 35.7. The van der Waals surface area contributed by atoms with Gasteiger partial charge in [0.25, 0.3) is 0 Å². The Bertz CT molecular complexity index is 597. The molecule has 144 valence electrons. The van der Waals surface area contributed by atoms with E-state index in [2.05, 4.69) is 10.6 Å². The van der Waals surface area contributed by atoms with Gasteiger partial charge in [-0.15, -0.1) is 0 Å². The van der Waals surface area contributed by atoms with E-state index in [1.165, 1.54) is 18.7 Å². The summed E-state index contributed by atoms with van der Waals surface area (Å²) in [7, 11) is 0. The largest absolute Gasteiger partial charge is 0.445 e. The number of nitrogens with two attached hydrogens (primary N) is 1. The van der Waals surface area contributed by atoms with Crippen LogP contribution in [-0.2, 0) is 20.9 Å². The number of alkyl carbamates (subject to hydrolysis) is 1. The van der Waals surface area contributed by atoms with Crippen molar-refractivity contribution in [1.82, 2.24) is 10.6 Å². The summed E-state index contributed by atoms with van der Waals surface area (Å²) in [6.07, 6.45) is 0.300. The summed E-state index contributed by atoms with van der Waals surface area (Å²) in [5.74, 6) is -0.864. The van der Waals surface area contributed by atoms with E-state index in [1.807, 2.05) is 36.6 Å². The van der Waals surface area contributed by atoms with Crippen molar-refractivity contribution in [2.45, 2.75) is 38.1 Å². The van der Waals surface area contributed by atoms with E-state index in [9.17, 15) is 19.5 Å². The predicted octanol–water partition coefficient (Wildman–Crippen LogP) is 0.385. The van der Waals surface area contributed by atoms with Crippen LogP contribution in [-0.4, -0.2) is 53.2 Å². The number of benzene rings is 1.